The SMILES string of the molecule is O=C(NCCCN1CCOCC1)c1ccc(Nc2cc(-c3ccc(F)cc3)ncn2)cc1. The first kappa shape index (κ1) is 21.9. The van der Waals surface area contributed by atoms with Crippen LogP contribution in [0.3, 0.4) is 0 Å². The van der Waals surface area contributed by atoms with E-state index < -0.39 is 0 Å². The minimum absolute atomic E-state index is 0.0841. The van der Waals surface area contributed by atoms with E-state index in [1.54, 1.807) is 30.3 Å². The van der Waals surface area contributed by atoms with E-state index in [0.717, 1.165) is 50.5 Å². The van der Waals surface area contributed by atoms with Crippen molar-refractivity contribution in [3.8, 4) is 11.3 Å². The molecule has 1 amide bonds. The lowest BCUT2D eigenvalue weighted by atomic mass is 10.1. The molecular formula is C24H26FN5O2. The molecule has 0 radical (unpaired) electrons. The highest BCUT2D eigenvalue weighted by Gasteiger charge is 2.10. The average molecular weight is 436 g/mol. The van der Waals surface area contributed by atoms with Crippen LogP contribution in [0.15, 0.2) is 60.9 Å². The van der Waals surface area contributed by atoms with Crippen LogP contribution >= 0.6 is 0 Å². The van der Waals surface area contributed by atoms with Gasteiger partial charge in [-0.2, -0.15) is 0 Å². The summed E-state index contributed by atoms with van der Waals surface area (Å²) < 4.78 is 18.5. The molecule has 0 unspecified atom stereocenters. The fourth-order valence-corrected chi connectivity index (χ4v) is 3.49. The number of halogens is 1. The second-order valence-corrected chi connectivity index (χ2v) is 7.56. The highest BCUT2D eigenvalue weighted by atomic mass is 19.1. The van der Waals surface area contributed by atoms with Gasteiger partial charge >= 0.3 is 0 Å². The minimum atomic E-state index is -0.289. The Morgan fingerprint density at radius 3 is 2.53 bits per heavy atom. The molecule has 0 atom stereocenters. The molecule has 7 nitrogen and oxygen atoms in total. The van der Waals surface area contributed by atoms with Gasteiger partial charge in [0.25, 0.3) is 5.91 Å². The molecule has 1 aliphatic rings. The summed E-state index contributed by atoms with van der Waals surface area (Å²) >= 11 is 0. The molecule has 2 aromatic carbocycles. The van der Waals surface area contributed by atoms with Crippen molar-refractivity contribution in [2.45, 2.75) is 6.42 Å². The lowest BCUT2D eigenvalue weighted by molar-refractivity contribution is 0.0374. The first-order valence-corrected chi connectivity index (χ1v) is 10.7. The summed E-state index contributed by atoms with van der Waals surface area (Å²) in [6.07, 6.45) is 2.37. The number of ether oxygens (including phenoxy) is 1. The summed E-state index contributed by atoms with van der Waals surface area (Å²) in [6.45, 7) is 5.10. The van der Waals surface area contributed by atoms with Crippen LogP contribution in [-0.4, -0.2) is 60.2 Å². The van der Waals surface area contributed by atoms with Gasteiger partial charge in [0.1, 0.15) is 18.0 Å². The van der Waals surface area contributed by atoms with Crippen LogP contribution in [0.1, 0.15) is 16.8 Å². The largest absolute Gasteiger partial charge is 0.379 e. The Morgan fingerprint density at radius 2 is 1.78 bits per heavy atom. The average Bonchev–Trinajstić information content (AvgIpc) is 2.83. The first-order valence-electron chi connectivity index (χ1n) is 10.7. The van der Waals surface area contributed by atoms with Crippen LogP contribution < -0.4 is 10.6 Å². The zero-order chi connectivity index (χ0) is 22.2. The van der Waals surface area contributed by atoms with Crippen molar-refractivity contribution >= 4 is 17.4 Å². The quantitative estimate of drug-likeness (QED) is 0.528. The predicted octanol–water partition coefficient (Wildman–Crippen LogP) is 3.48. The molecule has 166 valence electrons. The molecule has 3 aromatic rings. The zero-order valence-electron chi connectivity index (χ0n) is 17.8. The van der Waals surface area contributed by atoms with Gasteiger partial charge in [-0.25, -0.2) is 14.4 Å². The summed E-state index contributed by atoms with van der Waals surface area (Å²) in [5.74, 6) is 0.237. The summed E-state index contributed by atoms with van der Waals surface area (Å²) in [5.41, 5.74) is 2.90. The van der Waals surface area contributed by atoms with Crippen molar-refractivity contribution < 1.29 is 13.9 Å². The van der Waals surface area contributed by atoms with Gasteiger partial charge in [0.05, 0.1) is 18.9 Å². The van der Waals surface area contributed by atoms with Crippen molar-refractivity contribution in [1.29, 1.82) is 0 Å². The molecule has 0 saturated carbocycles. The number of morpholine rings is 1. The van der Waals surface area contributed by atoms with Crippen LogP contribution in [0.25, 0.3) is 11.3 Å². The van der Waals surface area contributed by atoms with Crippen LogP contribution in [0.4, 0.5) is 15.9 Å². The van der Waals surface area contributed by atoms with Gasteiger partial charge in [-0.15, -0.1) is 0 Å². The predicted molar refractivity (Wildman–Crippen MR) is 121 cm³/mol. The second-order valence-electron chi connectivity index (χ2n) is 7.56. The molecule has 8 heteroatoms. The van der Waals surface area contributed by atoms with E-state index in [-0.39, 0.29) is 11.7 Å². The molecule has 2 heterocycles. The zero-order valence-corrected chi connectivity index (χ0v) is 17.8. The van der Waals surface area contributed by atoms with E-state index in [1.165, 1.54) is 18.5 Å². The number of nitrogens with one attached hydrogen (secondary N) is 2. The van der Waals surface area contributed by atoms with Gasteiger partial charge in [0.2, 0.25) is 0 Å². The number of hydrogen-bond donors (Lipinski definition) is 2. The van der Waals surface area contributed by atoms with Crippen molar-refractivity contribution in [2.75, 3.05) is 44.7 Å². The molecule has 0 bridgehead atoms. The number of anilines is 2. The Morgan fingerprint density at radius 1 is 1.03 bits per heavy atom. The number of rotatable bonds is 8. The van der Waals surface area contributed by atoms with Crippen molar-refractivity contribution in [1.82, 2.24) is 20.2 Å². The lowest BCUT2D eigenvalue weighted by Crippen LogP contribution is -2.38. The highest BCUT2D eigenvalue weighted by molar-refractivity contribution is 5.94. The Labute approximate surface area is 186 Å². The topological polar surface area (TPSA) is 79.4 Å². The summed E-state index contributed by atoms with van der Waals surface area (Å²) in [4.78, 5) is 23.2. The van der Waals surface area contributed by atoms with Crippen LogP contribution in [0.5, 0.6) is 0 Å². The maximum Gasteiger partial charge on any atom is 0.251 e. The number of nitrogens with zero attached hydrogens (tertiary/aromatic N) is 3. The van der Waals surface area contributed by atoms with Gasteiger partial charge in [-0.05, 0) is 61.5 Å². The van der Waals surface area contributed by atoms with Gasteiger partial charge in [0.15, 0.2) is 0 Å². The van der Waals surface area contributed by atoms with Crippen LogP contribution in [-0.2, 0) is 4.74 Å². The third kappa shape index (κ3) is 6.09. The molecule has 4 rings (SSSR count). The van der Waals surface area contributed by atoms with Crippen LogP contribution in [0, 0.1) is 5.82 Å². The third-order valence-corrected chi connectivity index (χ3v) is 5.27. The number of hydrogen-bond acceptors (Lipinski definition) is 6. The molecule has 32 heavy (non-hydrogen) atoms. The van der Waals surface area contributed by atoms with Crippen molar-refractivity contribution in [3.05, 3.63) is 72.3 Å². The van der Waals surface area contributed by atoms with E-state index in [0.29, 0.717) is 23.6 Å². The highest BCUT2D eigenvalue weighted by Crippen LogP contribution is 2.21. The van der Waals surface area contributed by atoms with Crippen LogP contribution in [0.2, 0.25) is 0 Å². The van der Waals surface area contributed by atoms with Gasteiger partial charge in [-0.3, -0.25) is 9.69 Å². The second kappa shape index (κ2) is 10.8. The van der Waals surface area contributed by atoms with Gasteiger partial charge in [-0.1, -0.05) is 0 Å². The molecule has 1 saturated heterocycles. The molecule has 1 aromatic heterocycles. The van der Waals surface area contributed by atoms with E-state index in [1.807, 2.05) is 12.1 Å². The molecule has 1 aliphatic heterocycles. The van der Waals surface area contributed by atoms with Crippen molar-refractivity contribution in [2.24, 2.45) is 0 Å². The number of aromatic nitrogens is 2. The molecule has 2 N–H and O–H groups in total. The van der Waals surface area contributed by atoms with E-state index in [9.17, 15) is 9.18 Å². The molecule has 0 aliphatic carbocycles. The normalized spacial score (nSPS) is 14.2. The first-order chi connectivity index (χ1) is 15.7. The number of carbonyl (C=O) groups is 1. The number of benzene rings is 2. The van der Waals surface area contributed by atoms with E-state index in [4.69, 9.17) is 4.74 Å². The summed E-state index contributed by atoms with van der Waals surface area (Å²) in [6, 6.07) is 15.2. The molecular weight excluding hydrogens is 409 g/mol. The molecule has 1 fully saturated rings. The Balaban J connectivity index is 1.28. The number of carbonyl (C=O) groups excluding carboxylic acids is 1. The fraction of sp³-hybridized carbons (Fsp3) is 0.292. The van der Waals surface area contributed by atoms with Gasteiger partial charge < -0.3 is 15.4 Å². The maximum absolute atomic E-state index is 13.1. The maximum atomic E-state index is 13.1. The fourth-order valence-electron chi connectivity index (χ4n) is 3.49. The lowest BCUT2D eigenvalue weighted by Gasteiger charge is -2.26. The van der Waals surface area contributed by atoms with E-state index in [2.05, 4.69) is 25.5 Å². The third-order valence-electron chi connectivity index (χ3n) is 5.27. The van der Waals surface area contributed by atoms with E-state index >= 15 is 0 Å². The Kier molecular flexibility index (Phi) is 7.37. The van der Waals surface area contributed by atoms with Crippen molar-refractivity contribution in [3.63, 3.8) is 0 Å². The number of amides is 1. The smallest absolute Gasteiger partial charge is 0.251 e. The molecule has 0 spiro atoms. The Bertz CT molecular complexity index is 1020. The van der Waals surface area contributed by atoms with Gasteiger partial charge in [0, 0.05) is 42.5 Å². The standard InChI is InChI=1S/C24H26FN5O2/c25-20-6-2-18(3-7-20)22-16-23(28-17-27-22)29-21-8-4-19(5-9-21)24(31)26-10-1-11-30-12-14-32-15-13-30/h2-9,16-17H,1,10-15H2,(H,26,31)(H,27,28,29). The Hall–Kier alpha value is -3.36. The summed E-state index contributed by atoms with van der Waals surface area (Å²) in [7, 11) is 0. The minimum Gasteiger partial charge on any atom is -0.379 e. The monoisotopic (exact) mass is 435 g/mol. The summed E-state index contributed by atoms with van der Waals surface area (Å²) in [5, 5.41) is 6.18.